The van der Waals surface area contributed by atoms with E-state index in [9.17, 15) is 0 Å². The maximum Gasteiger partial charge on any atom is 0.0307 e. The van der Waals surface area contributed by atoms with Crippen LogP contribution in [0.1, 0.15) is 51.9 Å². The highest BCUT2D eigenvalue weighted by atomic mass is 14.9. The molecule has 0 aromatic heterocycles. The highest BCUT2D eigenvalue weighted by molar-refractivity contribution is 4.99. The largest absolute Gasteiger partial charge is 0.326 e. The quantitative estimate of drug-likeness (QED) is 0.632. The van der Waals surface area contributed by atoms with Crippen LogP contribution < -0.4 is 11.5 Å². The van der Waals surface area contributed by atoms with Gasteiger partial charge < -0.3 is 11.5 Å². The summed E-state index contributed by atoms with van der Waals surface area (Å²) in [6, 6.07) is 0.259. The van der Waals surface area contributed by atoms with Gasteiger partial charge in [-0.05, 0) is 25.7 Å². The van der Waals surface area contributed by atoms with Crippen LogP contribution in [-0.2, 0) is 0 Å². The van der Waals surface area contributed by atoms with E-state index in [1.54, 1.807) is 0 Å². The summed E-state index contributed by atoms with van der Waals surface area (Å²) >= 11 is 0. The number of rotatable bonds is 4. The minimum atomic E-state index is -0.0187. The summed E-state index contributed by atoms with van der Waals surface area (Å²) in [4.78, 5) is 0. The highest BCUT2D eigenvalue weighted by Gasteiger charge is 2.35. The highest BCUT2D eigenvalue weighted by Crippen LogP contribution is 2.30. The van der Waals surface area contributed by atoms with Crippen LogP contribution in [0.15, 0.2) is 0 Å². The Hall–Kier alpha value is -0.0800. The van der Waals surface area contributed by atoms with Crippen LogP contribution in [0.3, 0.4) is 0 Å². The number of unbranched alkanes of at least 4 members (excludes halogenated alkanes) is 2. The van der Waals surface area contributed by atoms with E-state index >= 15 is 0 Å². The SMILES string of the molecule is CCCCCC1(N)CCCC1N. The lowest BCUT2D eigenvalue weighted by Crippen LogP contribution is -2.51. The molecular weight excluding hydrogens is 148 g/mol. The lowest BCUT2D eigenvalue weighted by Gasteiger charge is -2.28. The smallest absolute Gasteiger partial charge is 0.0307 e. The average molecular weight is 170 g/mol. The van der Waals surface area contributed by atoms with Crippen LogP contribution in [-0.4, -0.2) is 11.6 Å². The summed E-state index contributed by atoms with van der Waals surface area (Å²) in [5.74, 6) is 0. The van der Waals surface area contributed by atoms with Gasteiger partial charge in [0.25, 0.3) is 0 Å². The van der Waals surface area contributed by atoms with Crippen molar-refractivity contribution in [3.05, 3.63) is 0 Å². The van der Waals surface area contributed by atoms with Crippen molar-refractivity contribution < 1.29 is 0 Å². The van der Waals surface area contributed by atoms with Crippen molar-refractivity contribution in [3.63, 3.8) is 0 Å². The van der Waals surface area contributed by atoms with Gasteiger partial charge in [-0.1, -0.05) is 26.2 Å². The topological polar surface area (TPSA) is 52.0 Å². The molecule has 1 aliphatic carbocycles. The van der Waals surface area contributed by atoms with Crippen molar-refractivity contribution >= 4 is 0 Å². The lowest BCUT2D eigenvalue weighted by molar-refractivity contribution is 0.348. The molecule has 12 heavy (non-hydrogen) atoms. The minimum absolute atomic E-state index is 0.0187. The van der Waals surface area contributed by atoms with E-state index in [4.69, 9.17) is 11.5 Å². The van der Waals surface area contributed by atoms with E-state index < -0.39 is 0 Å². The minimum Gasteiger partial charge on any atom is -0.326 e. The first-order valence-electron chi connectivity index (χ1n) is 5.23. The molecular formula is C10H22N2. The zero-order valence-electron chi connectivity index (χ0n) is 8.18. The first-order chi connectivity index (χ1) is 5.69. The molecule has 0 heterocycles. The van der Waals surface area contributed by atoms with Gasteiger partial charge in [0.15, 0.2) is 0 Å². The van der Waals surface area contributed by atoms with Crippen molar-refractivity contribution in [3.8, 4) is 0 Å². The molecule has 0 aliphatic heterocycles. The Morgan fingerprint density at radius 1 is 1.42 bits per heavy atom. The van der Waals surface area contributed by atoms with E-state index in [0.29, 0.717) is 0 Å². The predicted octanol–water partition coefficient (Wildman–Crippen LogP) is 1.78. The molecule has 0 aromatic rings. The predicted molar refractivity (Wildman–Crippen MR) is 52.9 cm³/mol. The second-order valence-electron chi connectivity index (χ2n) is 4.19. The molecule has 72 valence electrons. The van der Waals surface area contributed by atoms with Crippen LogP contribution in [0.4, 0.5) is 0 Å². The van der Waals surface area contributed by atoms with Gasteiger partial charge >= 0.3 is 0 Å². The molecule has 1 saturated carbocycles. The number of nitrogens with two attached hydrogens (primary N) is 2. The first kappa shape index (κ1) is 10.0. The van der Waals surface area contributed by atoms with Gasteiger partial charge in [0.05, 0.1) is 0 Å². The van der Waals surface area contributed by atoms with Crippen LogP contribution >= 0.6 is 0 Å². The molecule has 4 N–H and O–H groups in total. The summed E-state index contributed by atoms with van der Waals surface area (Å²) in [5.41, 5.74) is 12.2. The van der Waals surface area contributed by atoms with Crippen LogP contribution in [0.25, 0.3) is 0 Å². The van der Waals surface area contributed by atoms with Gasteiger partial charge in [-0.25, -0.2) is 0 Å². The average Bonchev–Trinajstić information content (AvgIpc) is 2.34. The maximum atomic E-state index is 6.22. The molecule has 0 saturated heterocycles. The Balaban J connectivity index is 2.27. The van der Waals surface area contributed by atoms with Crippen LogP contribution in [0.2, 0.25) is 0 Å². The van der Waals surface area contributed by atoms with Crippen molar-refractivity contribution in [2.45, 2.75) is 63.5 Å². The Bertz CT molecular complexity index is 136. The summed E-state index contributed by atoms with van der Waals surface area (Å²) < 4.78 is 0. The summed E-state index contributed by atoms with van der Waals surface area (Å²) in [6.07, 6.45) is 8.43. The molecule has 2 nitrogen and oxygen atoms in total. The molecule has 2 unspecified atom stereocenters. The maximum absolute atomic E-state index is 6.22. The summed E-state index contributed by atoms with van der Waals surface area (Å²) in [6.45, 7) is 2.22. The first-order valence-corrected chi connectivity index (χ1v) is 5.23. The Labute approximate surface area is 75.7 Å². The van der Waals surface area contributed by atoms with E-state index in [1.165, 1.54) is 25.7 Å². The normalized spacial score (nSPS) is 35.8. The molecule has 2 heteroatoms. The molecule has 1 aliphatic rings. The fraction of sp³-hybridized carbons (Fsp3) is 1.00. The molecule has 0 amide bonds. The van der Waals surface area contributed by atoms with E-state index in [2.05, 4.69) is 6.92 Å². The second-order valence-corrected chi connectivity index (χ2v) is 4.19. The van der Waals surface area contributed by atoms with E-state index in [-0.39, 0.29) is 11.6 Å². The van der Waals surface area contributed by atoms with Gasteiger partial charge in [-0.15, -0.1) is 0 Å². The summed E-state index contributed by atoms with van der Waals surface area (Å²) in [5, 5.41) is 0. The molecule has 0 radical (unpaired) electrons. The molecule has 2 atom stereocenters. The molecule has 0 bridgehead atoms. The fourth-order valence-electron chi connectivity index (χ4n) is 2.14. The third-order valence-electron chi connectivity index (χ3n) is 3.14. The van der Waals surface area contributed by atoms with Crippen LogP contribution in [0, 0.1) is 0 Å². The monoisotopic (exact) mass is 170 g/mol. The van der Waals surface area contributed by atoms with Gasteiger partial charge in [0.1, 0.15) is 0 Å². The van der Waals surface area contributed by atoms with Gasteiger partial charge in [-0.3, -0.25) is 0 Å². The fourth-order valence-corrected chi connectivity index (χ4v) is 2.14. The third kappa shape index (κ3) is 2.20. The Kier molecular flexibility index (Phi) is 3.53. The summed E-state index contributed by atoms with van der Waals surface area (Å²) in [7, 11) is 0. The van der Waals surface area contributed by atoms with Gasteiger partial charge in [0.2, 0.25) is 0 Å². The molecule has 0 aromatic carbocycles. The van der Waals surface area contributed by atoms with Crippen molar-refractivity contribution in [1.29, 1.82) is 0 Å². The van der Waals surface area contributed by atoms with Crippen molar-refractivity contribution in [1.82, 2.24) is 0 Å². The van der Waals surface area contributed by atoms with Crippen molar-refractivity contribution in [2.75, 3.05) is 0 Å². The zero-order valence-corrected chi connectivity index (χ0v) is 8.18. The standard InChI is InChI=1S/C10H22N2/c1-2-3-4-7-10(12)8-5-6-9(10)11/h9H,2-8,11-12H2,1H3. The van der Waals surface area contributed by atoms with Gasteiger partial charge in [0, 0.05) is 11.6 Å². The Morgan fingerprint density at radius 2 is 2.17 bits per heavy atom. The van der Waals surface area contributed by atoms with Crippen LogP contribution in [0.5, 0.6) is 0 Å². The second kappa shape index (κ2) is 4.24. The molecule has 1 rings (SSSR count). The van der Waals surface area contributed by atoms with Gasteiger partial charge in [-0.2, -0.15) is 0 Å². The number of hydrogen-bond donors (Lipinski definition) is 2. The number of hydrogen-bond acceptors (Lipinski definition) is 2. The Morgan fingerprint density at radius 3 is 2.67 bits per heavy atom. The molecule has 1 fully saturated rings. The van der Waals surface area contributed by atoms with E-state index in [0.717, 1.165) is 19.3 Å². The van der Waals surface area contributed by atoms with Crippen molar-refractivity contribution in [2.24, 2.45) is 11.5 Å². The third-order valence-corrected chi connectivity index (χ3v) is 3.14. The zero-order chi connectivity index (χ0) is 9.03. The lowest BCUT2D eigenvalue weighted by atomic mass is 9.88. The van der Waals surface area contributed by atoms with E-state index in [1.807, 2.05) is 0 Å². The molecule has 0 spiro atoms.